The molecule has 0 saturated heterocycles. The molecule has 0 amide bonds. The van der Waals surface area contributed by atoms with Crippen molar-refractivity contribution >= 4 is 0 Å². The van der Waals surface area contributed by atoms with Crippen LogP contribution >= 0.6 is 0 Å². The summed E-state index contributed by atoms with van der Waals surface area (Å²) in [4.78, 5) is 0. The first-order valence-electron chi connectivity index (χ1n) is 8.07. The molecule has 0 aromatic heterocycles. The Morgan fingerprint density at radius 1 is 1.20 bits per heavy atom. The Bertz CT molecular complexity index is 408. The number of aryl methyl sites for hydroxylation is 1. The predicted octanol–water partition coefficient (Wildman–Crippen LogP) is 4.45. The minimum absolute atomic E-state index is 0.596. The van der Waals surface area contributed by atoms with Crippen molar-refractivity contribution in [2.24, 2.45) is 5.92 Å². The molecule has 2 rings (SSSR count). The Hall–Kier alpha value is -1.02. The maximum atomic E-state index is 5.46. The standard InChI is InChI=1S/C18H29NO/c1-14-10-11-18(20-3)17(12-14)13-19-15(2)16-8-6-4-5-7-9-16/h10-12,15-16,19H,4-9,13H2,1-3H3/t15-/m1/s1. The molecule has 1 aromatic carbocycles. The minimum Gasteiger partial charge on any atom is -0.496 e. The molecule has 1 N–H and O–H groups in total. The molecule has 1 aromatic rings. The number of ether oxygens (including phenoxy) is 1. The number of nitrogens with one attached hydrogen (secondary N) is 1. The van der Waals surface area contributed by atoms with E-state index in [1.165, 1.54) is 49.7 Å². The summed E-state index contributed by atoms with van der Waals surface area (Å²) in [7, 11) is 1.75. The van der Waals surface area contributed by atoms with Crippen LogP contribution in [0.4, 0.5) is 0 Å². The molecular formula is C18H29NO. The van der Waals surface area contributed by atoms with E-state index < -0.39 is 0 Å². The van der Waals surface area contributed by atoms with E-state index in [0.717, 1.165) is 18.2 Å². The van der Waals surface area contributed by atoms with Gasteiger partial charge in [-0.05, 0) is 38.7 Å². The van der Waals surface area contributed by atoms with Crippen LogP contribution < -0.4 is 10.1 Å². The number of hydrogen-bond acceptors (Lipinski definition) is 2. The van der Waals surface area contributed by atoms with Gasteiger partial charge in [-0.2, -0.15) is 0 Å². The van der Waals surface area contributed by atoms with E-state index in [9.17, 15) is 0 Å². The first kappa shape index (κ1) is 15.4. The van der Waals surface area contributed by atoms with E-state index in [1.807, 2.05) is 0 Å². The smallest absolute Gasteiger partial charge is 0.123 e. The van der Waals surface area contributed by atoms with Gasteiger partial charge in [0.25, 0.3) is 0 Å². The Labute approximate surface area is 123 Å². The van der Waals surface area contributed by atoms with Gasteiger partial charge in [0.05, 0.1) is 7.11 Å². The van der Waals surface area contributed by atoms with Crippen LogP contribution in [-0.2, 0) is 6.54 Å². The van der Waals surface area contributed by atoms with Gasteiger partial charge in [-0.1, -0.05) is 43.4 Å². The van der Waals surface area contributed by atoms with Gasteiger partial charge in [0.15, 0.2) is 0 Å². The molecule has 0 unspecified atom stereocenters. The predicted molar refractivity (Wildman–Crippen MR) is 85.2 cm³/mol. The van der Waals surface area contributed by atoms with E-state index in [4.69, 9.17) is 4.74 Å². The van der Waals surface area contributed by atoms with Gasteiger partial charge in [-0.25, -0.2) is 0 Å². The summed E-state index contributed by atoms with van der Waals surface area (Å²) < 4.78 is 5.46. The third kappa shape index (κ3) is 4.24. The SMILES string of the molecule is COc1ccc(C)cc1CN[C@H](C)C1CCCCCC1. The fraction of sp³-hybridized carbons (Fsp3) is 0.667. The van der Waals surface area contributed by atoms with Crippen LogP contribution in [0.15, 0.2) is 18.2 Å². The molecule has 1 fully saturated rings. The van der Waals surface area contributed by atoms with Gasteiger partial charge in [-0.15, -0.1) is 0 Å². The van der Waals surface area contributed by atoms with Crippen LogP contribution in [0.3, 0.4) is 0 Å². The number of methoxy groups -OCH3 is 1. The lowest BCUT2D eigenvalue weighted by molar-refractivity contribution is 0.333. The van der Waals surface area contributed by atoms with E-state index in [-0.39, 0.29) is 0 Å². The molecule has 112 valence electrons. The molecule has 0 bridgehead atoms. The van der Waals surface area contributed by atoms with Crippen LogP contribution in [0.2, 0.25) is 0 Å². The summed E-state index contributed by atoms with van der Waals surface area (Å²) in [5, 5.41) is 3.72. The van der Waals surface area contributed by atoms with Crippen molar-refractivity contribution in [2.45, 2.75) is 65.0 Å². The van der Waals surface area contributed by atoms with Gasteiger partial charge in [0.1, 0.15) is 5.75 Å². The zero-order valence-electron chi connectivity index (χ0n) is 13.2. The van der Waals surface area contributed by atoms with Crippen molar-refractivity contribution in [3.63, 3.8) is 0 Å². The molecule has 0 aliphatic heterocycles. The number of hydrogen-bond donors (Lipinski definition) is 1. The number of benzene rings is 1. The monoisotopic (exact) mass is 275 g/mol. The van der Waals surface area contributed by atoms with Crippen molar-refractivity contribution < 1.29 is 4.74 Å². The third-order valence-corrected chi connectivity index (χ3v) is 4.66. The van der Waals surface area contributed by atoms with E-state index in [2.05, 4.69) is 37.4 Å². The second kappa shape index (κ2) is 7.68. The largest absolute Gasteiger partial charge is 0.496 e. The van der Waals surface area contributed by atoms with Crippen LogP contribution in [0, 0.1) is 12.8 Å². The van der Waals surface area contributed by atoms with Gasteiger partial charge in [-0.3, -0.25) is 0 Å². The Kier molecular flexibility index (Phi) is 5.90. The second-order valence-electron chi connectivity index (χ2n) is 6.24. The Morgan fingerprint density at radius 2 is 1.90 bits per heavy atom. The zero-order valence-corrected chi connectivity index (χ0v) is 13.2. The normalized spacial score (nSPS) is 18.6. The van der Waals surface area contributed by atoms with Gasteiger partial charge >= 0.3 is 0 Å². The highest BCUT2D eigenvalue weighted by Crippen LogP contribution is 2.26. The molecule has 0 heterocycles. The molecular weight excluding hydrogens is 246 g/mol. The van der Waals surface area contributed by atoms with Crippen molar-refractivity contribution in [3.05, 3.63) is 29.3 Å². The minimum atomic E-state index is 0.596. The van der Waals surface area contributed by atoms with Gasteiger partial charge < -0.3 is 10.1 Å². The maximum Gasteiger partial charge on any atom is 0.123 e. The van der Waals surface area contributed by atoms with Gasteiger partial charge in [0.2, 0.25) is 0 Å². The molecule has 2 heteroatoms. The molecule has 20 heavy (non-hydrogen) atoms. The summed E-state index contributed by atoms with van der Waals surface area (Å²) in [6.45, 7) is 5.39. The molecule has 0 spiro atoms. The highest BCUT2D eigenvalue weighted by Gasteiger charge is 2.18. The van der Waals surface area contributed by atoms with Crippen molar-refractivity contribution in [1.82, 2.24) is 5.32 Å². The summed E-state index contributed by atoms with van der Waals surface area (Å²) in [5.74, 6) is 1.84. The Morgan fingerprint density at radius 3 is 2.55 bits per heavy atom. The second-order valence-corrected chi connectivity index (χ2v) is 6.24. The first-order chi connectivity index (χ1) is 9.70. The lowest BCUT2D eigenvalue weighted by Crippen LogP contribution is -2.33. The van der Waals surface area contributed by atoms with Crippen LogP contribution in [0.5, 0.6) is 5.75 Å². The summed E-state index contributed by atoms with van der Waals surface area (Å²) in [5.41, 5.74) is 2.57. The number of rotatable bonds is 5. The summed E-state index contributed by atoms with van der Waals surface area (Å²) >= 11 is 0. The van der Waals surface area contributed by atoms with Crippen LogP contribution in [0.25, 0.3) is 0 Å². The first-order valence-corrected chi connectivity index (χ1v) is 8.07. The van der Waals surface area contributed by atoms with Crippen molar-refractivity contribution in [3.8, 4) is 5.75 Å². The topological polar surface area (TPSA) is 21.3 Å². The molecule has 1 aliphatic carbocycles. The average molecular weight is 275 g/mol. The lowest BCUT2D eigenvalue weighted by Gasteiger charge is -2.24. The lowest BCUT2D eigenvalue weighted by atomic mass is 9.93. The highest BCUT2D eigenvalue weighted by molar-refractivity contribution is 5.36. The molecule has 1 atom stereocenters. The van der Waals surface area contributed by atoms with E-state index in [0.29, 0.717) is 6.04 Å². The molecule has 0 radical (unpaired) electrons. The third-order valence-electron chi connectivity index (χ3n) is 4.66. The molecule has 1 saturated carbocycles. The highest BCUT2D eigenvalue weighted by atomic mass is 16.5. The summed E-state index contributed by atoms with van der Waals surface area (Å²) in [6.07, 6.45) is 8.44. The van der Waals surface area contributed by atoms with Crippen molar-refractivity contribution in [1.29, 1.82) is 0 Å². The maximum absolute atomic E-state index is 5.46. The quantitative estimate of drug-likeness (QED) is 0.801. The molecule has 2 nitrogen and oxygen atoms in total. The van der Waals surface area contributed by atoms with Gasteiger partial charge in [0, 0.05) is 18.2 Å². The van der Waals surface area contributed by atoms with Crippen LogP contribution in [-0.4, -0.2) is 13.2 Å². The zero-order chi connectivity index (χ0) is 14.4. The summed E-state index contributed by atoms with van der Waals surface area (Å²) in [6, 6.07) is 7.00. The molecule has 1 aliphatic rings. The van der Waals surface area contributed by atoms with Crippen molar-refractivity contribution in [2.75, 3.05) is 7.11 Å². The fourth-order valence-corrected chi connectivity index (χ4v) is 3.29. The average Bonchev–Trinajstić information content (AvgIpc) is 2.74. The van der Waals surface area contributed by atoms with E-state index >= 15 is 0 Å². The fourth-order valence-electron chi connectivity index (χ4n) is 3.29. The Balaban J connectivity index is 1.92. The van der Waals surface area contributed by atoms with Crippen LogP contribution in [0.1, 0.15) is 56.6 Å². The van der Waals surface area contributed by atoms with E-state index in [1.54, 1.807) is 7.11 Å².